The van der Waals surface area contributed by atoms with Crippen LogP contribution in [-0.2, 0) is 14.3 Å². The van der Waals surface area contributed by atoms with E-state index in [0.29, 0.717) is 25.9 Å². The van der Waals surface area contributed by atoms with Crippen molar-refractivity contribution < 1.29 is 24.5 Å². The van der Waals surface area contributed by atoms with Crippen molar-refractivity contribution in [1.82, 2.24) is 5.32 Å². The molecular weight excluding hydrogens is 731 g/mol. The van der Waals surface area contributed by atoms with E-state index in [2.05, 4.69) is 61.7 Å². The summed E-state index contributed by atoms with van der Waals surface area (Å²) in [5.41, 5.74) is 0. The van der Waals surface area contributed by atoms with Crippen LogP contribution in [0.2, 0.25) is 0 Å². The summed E-state index contributed by atoms with van der Waals surface area (Å²) in [5, 5.41) is 22.9. The number of nitrogens with one attached hydrogen (secondary N) is 1. The Bertz CT molecular complexity index is 1050. The Balaban J connectivity index is 3.58. The minimum Gasteiger partial charge on any atom is -0.466 e. The molecule has 0 bridgehead atoms. The van der Waals surface area contributed by atoms with Crippen LogP contribution in [0.5, 0.6) is 0 Å². The van der Waals surface area contributed by atoms with Gasteiger partial charge in [0.05, 0.1) is 25.4 Å². The van der Waals surface area contributed by atoms with Crippen molar-refractivity contribution in [3.8, 4) is 0 Å². The van der Waals surface area contributed by atoms with Gasteiger partial charge in [0.15, 0.2) is 0 Å². The van der Waals surface area contributed by atoms with Gasteiger partial charge >= 0.3 is 5.97 Å². The molecule has 2 atom stereocenters. The third-order valence-corrected chi connectivity index (χ3v) is 11.0. The summed E-state index contributed by atoms with van der Waals surface area (Å²) < 4.78 is 5.45. The average molecular weight is 826 g/mol. The maximum absolute atomic E-state index is 12.4. The summed E-state index contributed by atoms with van der Waals surface area (Å²) in [5.74, 6) is -0.180. The fourth-order valence-corrected chi connectivity index (χ4v) is 7.12. The molecular formula is C53H95NO5. The molecule has 0 heterocycles. The Morgan fingerprint density at radius 2 is 0.864 bits per heavy atom. The van der Waals surface area contributed by atoms with Crippen LogP contribution in [0.4, 0.5) is 0 Å². The first-order valence-electron chi connectivity index (χ1n) is 25.1. The Hall–Kier alpha value is -2.44. The number of hydrogen-bond acceptors (Lipinski definition) is 5. The molecule has 0 aromatic carbocycles. The molecule has 6 nitrogen and oxygen atoms in total. The summed E-state index contributed by atoms with van der Waals surface area (Å²) in [7, 11) is 0. The molecule has 0 saturated heterocycles. The summed E-state index contributed by atoms with van der Waals surface area (Å²) in [6, 6.07) is -0.672. The predicted molar refractivity (Wildman–Crippen MR) is 255 cm³/mol. The predicted octanol–water partition coefficient (Wildman–Crippen LogP) is 14.8. The number of unbranched alkanes of at least 4 members (excludes halogenated alkanes) is 26. The Morgan fingerprint density at radius 1 is 0.475 bits per heavy atom. The van der Waals surface area contributed by atoms with Crippen LogP contribution in [-0.4, -0.2) is 47.4 Å². The van der Waals surface area contributed by atoms with Crippen molar-refractivity contribution in [3.05, 3.63) is 60.8 Å². The van der Waals surface area contributed by atoms with Crippen LogP contribution in [0.15, 0.2) is 60.8 Å². The molecule has 2 unspecified atom stereocenters. The van der Waals surface area contributed by atoms with E-state index in [1.54, 1.807) is 6.08 Å². The van der Waals surface area contributed by atoms with Crippen LogP contribution in [0.25, 0.3) is 0 Å². The highest BCUT2D eigenvalue weighted by atomic mass is 16.5. The number of allylic oxidation sites excluding steroid dienone is 9. The Morgan fingerprint density at radius 3 is 1.36 bits per heavy atom. The Kier molecular flexibility index (Phi) is 46.2. The summed E-state index contributed by atoms with van der Waals surface area (Å²) >= 11 is 0. The summed E-state index contributed by atoms with van der Waals surface area (Å²) in [4.78, 5) is 24.4. The van der Waals surface area contributed by atoms with Gasteiger partial charge in [0.1, 0.15) is 0 Å². The molecule has 0 spiro atoms. The van der Waals surface area contributed by atoms with Gasteiger partial charge in [-0.05, 0) is 83.5 Å². The summed E-state index contributed by atoms with van der Waals surface area (Å²) in [6.07, 6.45) is 60.8. The molecule has 0 aromatic heterocycles. The highest BCUT2D eigenvalue weighted by molar-refractivity contribution is 5.76. The second kappa shape index (κ2) is 48.2. The molecule has 0 aliphatic heterocycles. The van der Waals surface area contributed by atoms with Gasteiger partial charge in [-0.25, -0.2) is 0 Å². The number of esters is 1. The number of aliphatic hydroxyl groups excluding tert-OH is 2. The van der Waals surface area contributed by atoms with E-state index < -0.39 is 12.1 Å². The molecule has 0 fully saturated rings. The number of carbonyl (C=O) groups excluding carboxylic acids is 2. The van der Waals surface area contributed by atoms with E-state index >= 15 is 0 Å². The van der Waals surface area contributed by atoms with Crippen LogP contribution < -0.4 is 5.32 Å². The van der Waals surface area contributed by atoms with Gasteiger partial charge < -0.3 is 20.3 Å². The highest BCUT2D eigenvalue weighted by Gasteiger charge is 2.17. The van der Waals surface area contributed by atoms with Gasteiger partial charge in [-0.1, -0.05) is 203 Å². The molecule has 6 heteroatoms. The van der Waals surface area contributed by atoms with E-state index in [1.807, 2.05) is 12.2 Å². The average Bonchev–Trinajstić information content (AvgIpc) is 3.24. The van der Waals surface area contributed by atoms with E-state index in [9.17, 15) is 19.8 Å². The first-order chi connectivity index (χ1) is 29.0. The molecule has 3 N–H and O–H groups in total. The third-order valence-electron chi connectivity index (χ3n) is 11.0. The van der Waals surface area contributed by atoms with Crippen LogP contribution in [0.1, 0.15) is 239 Å². The molecule has 0 rings (SSSR count). The molecule has 0 aromatic rings. The number of hydrogen-bond donors (Lipinski definition) is 3. The number of aliphatic hydroxyl groups is 2. The van der Waals surface area contributed by atoms with Crippen LogP contribution >= 0.6 is 0 Å². The normalized spacial score (nSPS) is 13.2. The second-order valence-corrected chi connectivity index (χ2v) is 16.8. The van der Waals surface area contributed by atoms with Crippen LogP contribution in [0.3, 0.4) is 0 Å². The maximum Gasteiger partial charge on any atom is 0.305 e. The van der Waals surface area contributed by atoms with Crippen molar-refractivity contribution >= 4 is 11.9 Å². The van der Waals surface area contributed by atoms with Gasteiger partial charge in [-0.2, -0.15) is 0 Å². The molecule has 342 valence electrons. The van der Waals surface area contributed by atoms with Crippen molar-refractivity contribution in [2.24, 2.45) is 0 Å². The molecule has 0 saturated carbocycles. The van der Waals surface area contributed by atoms with Crippen molar-refractivity contribution in [1.29, 1.82) is 0 Å². The van der Waals surface area contributed by atoms with E-state index in [1.165, 1.54) is 148 Å². The lowest BCUT2D eigenvalue weighted by atomic mass is 10.1. The van der Waals surface area contributed by atoms with Gasteiger partial charge in [0.2, 0.25) is 5.91 Å². The zero-order valence-electron chi connectivity index (χ0n) is 38.7. The first-order valence-corrected chi connectivity index (χ1v) is 25.1. The van der Waals surface area contributed by atoms with Crippen LogP contribution in [0, 0.1) is 0 Å². The quantitative estimate of drug-likeness (QED) is 0.0323. The summed E-state index contributed by atoms with van der Waals surface area (Å²) in [6.45, 7) is 4.78. The van der Waals surface area contributed by atoms with E-state index in [-0.39, 0.29) is 18.5 Å². The zero-order valence-corrected chi connectivity index (χ0v) is 38.7. The van der Waals surface area contributed by atoms with Gasteiger partial charge in [-0.3, -0.25) is 9.59 Å². The van der Waals surface area contributed by atoms with Gasteiger partial charge in [-0.15, -0.1) is 0 Å². The second-order valence-electron chi connectivity index (χ2n) is 16.8. The minimum atomic E-state index is -0.879. The minimum absolute atomic E-state index is 0.0277. The largest absolute Gasteiger partial charge is 0.466 e. The smallest absolute Gasteiger partial charge is 0.305 e. The number of ether oxygens (including phenoxy) is 1. The van der Waals surface area contributed by atoms with Gasteiger partial charge in [0, 0.05) is 12.8 Å². The zero-order chi connectivity index (χ0) is 43.0. The lowest BCUT2D eigenvalue weighted by Gasteiger charge is -2.19. The molecule has 0 aliphatic rings. The molecule has 0 aliphatic carbocycles. The van der Waals surface area contributed by atoms with E-state index in [4.69, 9.17) is 4.74 Å². The Labute approximate surface area is 365 Å². The molecule has 0 radical (unpaired) electrons. The van der Waals surface area contributed by atoms with Crippen molar-refractivity contribution in [2.75, 3.05) is 13.2 Å². The highest BCUT2D eigenvalue weighted by Crippen LogP contribution is 2.14. The number of rotatable bonds is 45. The third kappa shape index (κ3) is 44.9. The van der Waals surface area contributed by atoms with Gasteiger partial charge in [0.25, 0.3) is 0 Å². The SMILES string of the molecule is CCCCC/C=C\C/C=C\CCCCCCCCCC(=O)OCCCCCCCC/C=C\C/C=C\CCC(=O)NC(CO)C(O)/C=C/CCCCCCCCCCCC. The lowest BCUT2D eigenvalue weighted by molar-refractivity contribution is -0.143. The topological polar surface area (TPSA) is 95.9 Å². The van der Waals surface area contributed by atoms with Crippen molar-refractivity contribution in [3.63, 3.8) is 0 Å². The standard InChI is InChI=1S/C53H95NO5/c1-3-5-7-9-11-13-15-17-18-19-20-23-27-31-35-39-43-47-53(58)59-48-44-40-36-32-28-24-21-22-26-30-34-38-42-46-52(57)54-50(49-55)51(56)45-41-37-33-29-25-16-14-12-10-8-6-4-2/h11,13,17-18,22,26,34,38,41,45,50-51,55-56H,3-10,12,14-16,19-21,23-25,27-33,35-37,39-40,42-44,46-49H2,1-2H3,(H,54,57)/b13-11-,18-17-,26-22-,38-34-,45-41+. The molecule has 59 heavy (non-hydrogen) atoms. The van der Waals surface area contributed by atoms with Crippen molar-refractivity contribution in [2.45, 2.75) is 251 Å². The van der Waals surface area contributed by atoms with E-state index in [0.717, 1.165) is 57.8 Å². The maximum atomic E-state index is 12.4. The fourth-order valence-electron chi connectivity index (χ4n) is 7.12. The monoisotopic (exact) mass is 826 g/mol. The lowest BCUT2D eigenvalue weighted by Crippen LogP contribution is -2.45. The number of carbonyl (C=O) groups is 2. The molecule has 1 amide bonds. The first kappa shape index (κ1) is 56.6. The number of amides is 1. The fraction of sp³-hybridized carbons (Fsp3) is 0.774.